The van der Waals surface area contributed by atoms with Gasteiger partial charge >= 0.3 is 0 Å². The molecule has 0 aliphatic rings. The normalized spacial score (nSPS) is 10.2. The van der Waals surface area contributed by atoms with Gasteiger partial charge in [-0.1, -0.05) is 12.2 Å². The van der Waals surface area contributed by atoms with E-state index in [0.717, 1.165) is 17.1 Å². The zero-order valence-electron chi connectivity index (χ0n) is 10.9. The number of aryl methyl sites for hydroxylation is 2. The average molecular weight is 269 g/mol. The van der Waals surface area contributed by atoms with Gasteiger partial charge in [-0.3, -0.25) is 9.48 Å². The molecule has 0 radical (unpaired) electrons. The number of carbonyl (C=O) groups excluding carboxylic acids is 1. The highest BCUT2D eigenvalue weighted by molar-refractivity contribution is 7.80. The van der Waals surface area contributed by atoms with Crippen molar-refractivity contribution in [3.8, 4) is 0 Å². The molecule has 1 amide bonds. The highest BCUT2D eigenvalue weighted by atomic mass is 32.1. The molecule has 0 saturated carbocycles. The van der Waals surface area contributed by atoms with Gasteiger partial charge in [0.2, 0.25) is 5.91 Å². The van der Waals surface area contributed by atoms with Crippen LogP contribution in [0.2, 0.25) is 0 Å². The van der Waals surface area contributed by atoms with Gasteiger partial charge in [0.15, 0.2) is 0 Å². The lowest BCUT2D eigenvalue weighted by molar-refractivity contribution is -0.120. The van der Waals surface area contributed by atoms with Crippen molar-refractivity contribution in [2.75, 3.05) is 18.4 Å². The molecule has 1 aromatic rings. The molecule has 1 aromatic heterocycles. The number of aromatic nitrogens is 2. The quantitative estimate of drug-likeness (QED) is 0.647. The lowest BCUT2D eigenvalue weighted by Gasteiger charge is -2.09. The fraction of sp³-hybridized carbons (Fsp3) is 0.545. The Morgan fingerprint density at radius 2 is 2.22 bits per heavy atom. The summed E-state index contributed by atoms with van der Waals surface area (Å²) in [7, 11) is 1.81. The van der Waals surface area contributed by atoms with Gasteiger partial charge in [0.05, 0.1) is 11.3 Å². The first-order valence-corrected chi connectivity index (χ1v) is 6.22. The minimum Gasteiger partial charge on any atom is -0.389 e. The summed E-state index contributed by atoms with van der Waals surface area (Å²) in [6.45, 7) is 4.90. The Morgan fingerprint density at radius 1 is 1.56 bits per heavy atom. The summed E-state index contributed by atoms with van der Waals surface area (Å²) in [5.41, 5.74) is 7.19. The number of nitrogens with two attached hydrogens (primary N) is 1. The summed E-state index contributed by atoms with van der Waals surface area (Å²) < 4.78 is 1.68. The number of carbonyl (C=O) groups is 1. The molecule has 1 rings (SSSR count). The van der Waals surface area contributed by atoms with E-state index in [9.17, 15) is 4.79 Å². The maximum absolute atomic E-state index is 11.3. The van der Waals surface area contributed by atoms with Crippen molar-refractivity contribution in [3.63, 3.8) is 0 Å². The second kappa shape index (κ2) is 6.34. The maximum Gasteiger partial charge on any atom is 0.221 e. The molecule has 0 saturated heterocycles. The average Bonchev–Trinajstić information content (AvgIpc) is 2.54. The van der Waals surface area contributed by atoms with Crippen LogP contribution in [0.15, 0.2) is 0 Å². The zero-order chi connectivity index (χ0) is 13.7. The molecule has 0 fully saturated rings. The molecule has 0 aliphatic heterocycles. The SMILES string of the molecule is CCNC(=O)CCNc1c(C(N)=S)c(C)nn1C. The molecule has 0 unspecified atom stereocenters. The van der Waals surface area contributed by atoms with Gasteiger partial charge in [-0.25, -0.2) is 0 Å². The van der Waals surface area contributed by atoms with E-state index in [2.05, 4.69) is 15.7 Å². The fourth-order valence-corrected chi connectivity index (χ4v) is 1.98. The predicted octanol–water partition coefficient (Wildman–Crippen LogP) is 0.301. The van der Waals surface area contributed by atoms with Crippen LogP contribution in [0.4, 0.5) is 5.82 Å². The van der Waals surface area contributed by atoms with Crippen LogP contribution >= 0.6 is 12.2 Å². The summed E-state index contributed by atoms with van der Waals surface area (Å²) in [5, 5.41) is 10.1. The molecule has 0 aromatic carbocycles. The Hall–Kier alpha value is -1.63. The van der Waals surface area contributed by atoms with Crippen LogP contribution in [0, 0.1) is 6.92 Å². The van der Waals surface area contributed by atoms with Gasteiger partial charge in [0, 0.05) is 26.6 Å². The third-order valence-corrected chi connectivity index (χ3v) is 2.69. The predicted molar refractivity (Wildman–Crippen MR) is 75.6 cm³/mol. The molecule has 6 nitrogen and oxygen atoms in total. The highest BCUT2D eigenvalue weighted by Crippen LogP contribution is 2.18. The molecule has 4 N–H and O–H groups in total. The van der Waals surface area contributed by atoms with Crippen LogP contribution in [0.3, 0.4) is 0 Å². The summed E-state index contributed by atoms with van der Waals surface area (Å²) in [6.07, 6.45) is 0.398. The number of nitrogens with one attached hydrogen (secondary N) is 2. The van der Waals surface area contributed by atoms with Crippen molar-refractivity contribution in [1.82, 2.24) is 15.1 Å². The molecular weight excluding hydrogens is 250 g/mol. The van der Waals surface area contributed by atoms with E-state index in [-0.39, 0.29) is 5.91 Å². The topological polar surface area (TPSA) is 85.0 Å². The number of thiocarbonyl (C=S) groups is 1. The van der Waals surface area contributed by atoms with Gasteiger partial charge in [0.25, 0.3) is 0 Å². The van der Waals surface area contributed by atoms with Gasteiger partial charge in [-0.05, 0) is 13.8 Å². The van der Waals surface area contributed by atoms with Gasteiger partial charge in [-0.15, -0.1) is 0 Å². The summed E-state index contributed by atoms with van der Waals surface area (Å²) >= 11 is 5.00. The Balaban J connectivity index is 2.67. The summed E-state index contributed by atoms with van der Waals surface area (Å²) in [6, 6.07) is 0. The molecule has 0 aliphatic carbocycles. The number of anilines is 1. The minimum atomic E-state index is 0.0146. The number of hydrogen-bond acceptors (Lipinski definition) is 4. The fourth-order valence-electron chi connectivity index (χ4n) is 1.74. The van der Waals surface area contributed by atoms with Crippen LogP contribution in [0.5, 0.6) is 0 Å². The monoisotopic (exact) mass is 269 g/mol. The van der Waals surface area contributed by atoms with E-state index in [1.165, 1.54) is 0 Å². The Morgan fingerprint density at radius 3 is 2.78 bits per heavy atom. The number of nitrogens with zero attached hydrogens (tertiary/aromatic N) is 2. The minimum absolute atomic E-state index is 0.0146. The van der Waals surface area contributed by atoms with Crippen LogP contribution in [0.25, 0.3) is 0 Å². The van der Waals surface area contributed by atoms with E-state index in [1.807, 2.05) is 20.9 Å². The van der Waals surface area contributed by atoms with E-state index in [0.29, 0.717) is 24.5 Å². The first-order valence-electron chi connectivity index (χ1n) is 5.81. The smallest absolute Gasteiger partial charge is 0.221 e. The molecular formula is C11H19N5OS. The van der Waals surface area contributed by atoms with Crippen molar-refractivity contribution in [2.24, 2.45) is 12.8 Å². The van der Waals surface area contributed by atoms with E-state index in [4.69, 9.17) is 18.0 Å². The molecule has 0 bridgehead atoms. The third kappa shape index (κ3) is 3.43. The third-order valence-electron chi connectivity index (χ3n) is 2.49. The summed E-state index contributed by atoms with van der Waals surface area (Å²) in [5.74, 6) is 0.769. The second-order valence-corrected chi connectivity index (χ2v) is 4.37. The number of hydrogen-bond donors (Lipinski definition) is 3. The standard InChI is InChI=1S/C11H19N5OS/c1-4-13-8(17)5-6-14-11-9(10(12)18)7(2)15-16(11)3/h14H,4-6H2,1-3H3,(H2,12,18)(H,13,17). The van der Waals surface area contributed by atoms with Crippen molar-refractivity contribution < 1.29 is 4.79 Å². The van der Waals surface area contributed by atoms with Gasteiger partial charge < -0.3 is 16.4 Å². The molecule has 7 heteroatoms. The van der Waals surface area contributed by atoms with Crippen molar-refractivity contribution in [1.29, 1.82) is 0 Å². The van der Waals surface area contributed by atoms with Crippen molar-refractivity contribution in [2.45, 2.75) is 20.3 Å². The molecule has 18 heavy (non-hydrogen) atoms. The highest BCUT2D eigenvalue weighted by Gasteiger charge is 2.15. The van der Waals surface area contributed by atoms with E-state index >= 15 is 0 Å². The van der Waals surface area contributed by atoms with E-state index in [1.54, 1.807) is 4.68 Å². The number of amides is 1. The Kier molecular flexibility index (Phi) is 5.08. The summed E-state index contributed by atoms with van der Waals surface area (Å²) in [4.78, 5) is 11.6. The molecule has 0 spiro atoms. The lowest BCUT2D eigenvalue weighted by Crippen LogP contribution is -2.25. The zero-order valence-corrected chi connectivity index (χ0v) is 11.7. The first-order chi connectivity index (χ1) is 8.47. The second-order valence-electron chi connectivity index (χ2n) is 3.93. The van der Waals surface area contributed by atoms with Crippen molar-refractivity contribution in [3.05, 3.63) is 11.3 Å². The Labute approximate surface area is 112 Å². The van der Waals surface area contributed by atoms with E-state index < -0.39 is 0 Å². The number of rotatable bonds is 6. The van der Waals surface area contributed by atoms with Gasteiger partial charge in [-0.2, -0.15) is 5.10 Å². The molecule has 100 valence electrons. The Bertz CT molecular complexity index is 455. The molecule has 1 heterocycles. The van der Waals surface area contributed by atoms with Crippen LogP contribution in [-0.4, -0.2) is 33.8 Å². The van der Waals surface area contributed by atoms with Crippen LogP contribution in [0.1, 0.15) is 24.6 Å². The largest absolute Gasteiger partial charge is 0.389 e. The lowest BCUT2D eigenvalue weighted by atomic mass is 10.2. The van der Waals surface area contributed by atoms with Crippen molar-refractivity contribution >= 4 is 28.9 Å². The van der Waals surface area contributed by atoms with Crippen LogP contribution in [-0.2, 0) is 11.8 Å². The van der Waals surface area contributed by atoms with Crippen LogP contribution < -0.4 is 16.4 Å². The molecule has 0 atom stereocenters. The van der Waals surface area contributed by atoms with Gasteiger partial charge in [0.1, 0.15) is 10.8 Å². The maximum atomic E-state index is 11.3. The first kappa shape index (κ1) is 14.4.